The average Bonchev–Trinajstić information content (AvgIpc) is 3.08. The van der Waals surface area contributed by atoms with Crippen LogP contribution in [0.5, 0.6) is 11.5 Å². The van der Waals surface area contributed by atoms with Gasteiger partial charge in [-0.1, -0.05) is 15.9 Å². The Bertz CT molecular complexity index is 884. The van der Waals surface area contributed by atoms with E-state index < -0.39 is 6.04 Å². The number of nitrogens with one attached hydrogen (secondary N) is 1. The van der Waals surface area contributed by atoms with Crippen LogP contribution in [0, 0.1) is 0 Å². The lowest BCUT2D eigenvalue weighted by Crippen LogP contribution is -2.43. The molecule has 4 rings (SSSR count). The fourth-order valence-corrected chi connectivity index (χ4v) is 3.77. The highest BCUT2D eigenvalue weighted by atomic mass is 79.9. The topological polar surface area (TPSA) is 67.9 Å². The highest BCUT2D eigenvalue weighted by molar-refractivity contribution is 9.10. The third kappa shape index (κ3) is 3.99. The van der Waals surface area contributed by atoms with Gasteiger partial charge in [0.25, 0.3) is 5.91 Å². The number of amides is 2. The fourth-order valence-electron chi connectivity index (χ4n) is 3.51. The molecule has 2 aliphatic rings. The minimum absolute atomic E-state index is 0.121. The van der Waals surface area contributed by atoms with E-state index in [0.717, 1.165) is 17.3 Å². The Labute approximate surface area is 171 Å². The molecular formula is C21H21BrN2O4. The summed E-state index contributed by atoms with van der Waals surface area (Å²) in [5.41, 5.74) is 1.22. The first kappa shape index (κ1) is 18.8. The van der Waals surface area contributed by atoms with Gasteiger partial charge in [-0.05, 0) is 49.2 Å². The number of carbonyl (C=O) groups is 2. The number of ether oxygens (including phenoxy) is 2. The van der Waals surface area contributed by atoms with Crippen molar-refractivity contribution in [2.45, 2.75) is 25.3 Å². The zero-order valence-corrected chi connectivity index (χ0v) is 16.9. The van der Waals surface area contributed by atoms with Crippen molar-refractivity contribution < 1.29 is 19.1 Å². The van der Waals surface area contributed by atoms with Gasteiger partial charge in [0.1, 0.15) is 6.04 Å². The predicted molar refractivity (Wildman–Crippen MR) is 109 cm³/mol. The molecule has 0 aliphatic carbocycles. The highest BCUT2D eigenvalue weighted by Gasteiger charge is 2.34. The van der Waals surface area contributed by atoms with Crippen molar-refractivity contribution in [3.05, 3.63) is 52.5 Å². The average molecular weight is 445 g/mol. The van der Waals surface area contributed by atoms with E-state index in [-0.39, 0.29) is 11.8 Å². The summed E-state index contributed by atoms with van der Waals surface area (Å²) in [4.78, 5) is 27.4. The lowest BCUT2D eigenvalue weighted by Gasteiger charge is -2.24. The summed E-state index contributed by atoms with van der Waals surface area (Å²) in [5, 5.41) is 2.92. The van der Waals surface area contributed by atoms with Crippen molar-refractivity contribution in [1.29, 1.82) is 0 Å². The molecule has 1 saturated heterocycles. The summed E-state index contributed by atoms with van der Waals surface area (Å²) in [5.74, 6) is 1.01. The Balaban J connectivity index is 1.47. The lowest BCUT2D eigenvalue weighted by atomic mass is 10.1. The minimum Gasteiger partial charge on any atom is -0.490 e. The predicted octanol–water partition coefficient (Wildman–Crippen LogP) is 3.85. The molecule has 0 bridgehead atoms. The second-order valence-electron chi connectivity index (χ2n) is 6.86. The van der Waals surface area contributed by atoms with Crippen LogP contribution in [-0.4, -0.2) is 42.5 Å². The second kappa shape index (κ2) is 8.22. The van der Waals surface area contributed by atoms with Gasteiger partial charge in [-0.3, -0.25) is 9.59 Å². The number of likely N-dealkylation sites (tertiary alicyclic amines) is 1. The maximum atomic E-state index is 12.9. The molecule has 0 aromatic heterocycles. The molecule has 1 N–H and O–H groups in total. The third-order valence-electron chi connectivity index (χ3n) is 4.92. The number of anilines is 1. The molecule has 2 aliphatic heterocycles. The molecule has 0 radical (unpaired) electrons. The first-order chi connectivity index (χ1) is 13.6. The van der Waals surface area contributed by atoms with Crippen molar-refractivity contribution in [2.24, 2.45) is 0 Å². The smallest absolute Gasteiger partial charge is 0.254 e. The summed E-state index contributed by atoms with van der Waals surface area (Å²) >= 11 is 3.37. The van der Waals surface area contributed by atoms with E-state index in [9.17, 15) is 9.59 Å². The number of benzene rings is 2. The Morgan fingerprint density at radius 1 is 1.00 bits per heavy atom. The normalized spacial score (nSPS) is 18.5. The number of hydrogen-bond acceptors (Lipinski definition) is 4. The number of carbonyl (C=O) groups excluding carboxylic acids is 2. The monoisotopic (exact) mass is 444 g/mol. The molecule has 1 atom stereocenters. The van der Waals surface area contributed by atoms with Crippen LogP contribution in [0.1, 0.15) is 29.6 Å². The van der Waals surface area contributed by atoms with E-state index in [2.05, 4.69) is 21.2 Å². The summed E-state index contributed by atoms with van der Waals surface area (Å²) in [6.07, 6.45) is 2.28. The van der Waals surface area contributed by atoms with Gasteiger partial charge in [0, 0.05) is 34.8 Å². The van der Waals surface area contributed by atoms with E-state index in [1.807, 2.05) is 12.1 Å². The maximum Gasteiger partial charge on any atom is 0.254 e. The molecule has 2 aromatic rings. The summed E-state index contributed by atoms with van der Waals surface area (Å²) in [6.45, 7) is 1.78. The SMILES string of the molecule is O=C(Nc1ccc2c(c1)OCCCO2)C1CCCN1C(=O)c1ccc(Br)cc1. The quantitative estimate of drug-likeness (QED) is 0.780. The molecule has 0 spiro atoms. The molecule has 1 fully saturated rings. The minimum atomic E-state index is -0.480. The largest absolute Gasteiger partial charge is 0.490 e. The van der Waals surface area contributed by atoms with Crippen LogP contribution in [0.3, 0.4) is 0 Å². The van der Waals surface area contributed by atoms with Crippen LogP contribution in [0.25, 0.3) is 0 Å². The van der Waals surface area contributed by atoms with Gasteiger partial charge in [-0.25, -0.2) is 0 Å². The number of rotatable bonds is 3. The number of nitrogens with zero attached hydrogens (tertiary/aromatic N) is 1. The summed E-state index contributed by atoms with van der Waals surface area (Å²) in [7, 11) is 0. The maximum absolute atomic E-state index is 12.9. The van der Waals surface area contributed by atoms with Gasteiger partial charge in [-0.2, -0.15) is 0 Å². The van der Waals surface area contributed by atoms with Crippen LogP contribution in [0.15, 0.2) is 46.9 Å². The van der Waals surface area contributed by atoms with Crippen molar-refractivity contribution in [3.63, 3.8) is 0 Å². The van der Waals surface area contributed by atoms with Crippen LogP contribution in [-0.2, 0) is 4.79 Å². The Morgan fingerprint density at radius 2 is 1.75 bits per heavy atom. The van der Waals surface area contributed by atoms with Gasteiger partial charge in [0.05, 0.1) is 13.2 Å². The van der Waals surface area contributed by atoms with E-state index in [4.69, 9.17) is 9.47 Å². The summed E-state index contributed by atoms with van der Waals surface area (Å²) in [6, 6.07) is 12.1. The number of hydrogen-bond donors (Lipinski definition) is 1. The molecule has 6 nitrogen and oxygen atoms in total. The van der Waals surface area contributed by atoms with Crippen molar-refractivity contribution in [1.82, 2.24) is 4.90 Å². The van der Waals surface area contributed by atoms with Crippen LogP contribution in [0.2, 0.25) is 0 Å². The van der Waals surface area contributed by atoms with Gasteiger partial charge < -0.3 is 19.7 Å². The molecule has 2 amide bonds. The van der Waals surface area contributed by atoms with Gasteiger partial charge in [-0.15, -0.1) is 0 Å². The lowest BCUT2D eigenvalue weighted by molar-refractivity contribution is -0.119. The fraction of sp³-hybridized carbons (Fsp3) is 0.333. The highest BCUT2D eigenvalue weighted by Crippen LogP contribution is 2.32. The van der Waals surface area contributed by atoms with Gasteiger partial charge in [0.2, 0.25) is 5.91 Å². The molecule has 1 unspecified atom stereocenters. The number of halogens is 1. The molecule has 146 valence electrons. The van der Waals surface area contributed by atoms with Gasteiger partial charge >= 0.3 is 0 Å². The van der Waals surface area contributed by atoms with E-state index in [0.29, 0.717) is 48.9 Å². The Hall–Kier alpha value is -2.54. The molecule has 0 saturated carbocycles. The van der Waals surface area contributed by atoms with E-state index in [1.165, 1.54) is 0 Å². The Kier molecular flexibility index (Phi) is 5.52. The van der Waals surface area contributed by atoms with E-state index >= 15 is 0 Å². The van der Waals surface area contributed by atoms with Crippen molar-refractivity contribution in [2.75, 3.05) is 25.1 Å². The summed E-state index contributed by atoms with van der Waals surface area (Å²) < 4.78 is 12.2. The van der Waals surface area contributed by atoms with Gasteiger partial charge in [0.15, 0.2) is 11.5 Å². The third-order valence-corrected chi connectivity index (χ3v) is 5.45. The number of fused-ring (bicyclic) bond motifs is 1. The standard InChI is InChI=1S/C21H21BrN2O4/c22-15-6-4-14(5-7-15)21(26)24-10-1-3-17(24)20(25)23-16-8-9-18-19(13-16)28-12-2-11-27-18/h4-9,13,17H,1-3,10-12H2,(H,23,25). The molecule has 7 heteroatoms. The first-order valence-electron chi connectivity index (χ1n) is 9.39. The van der Waals surface area contributed by atoms with Crippen molar-refractivity contribution >= 4 is 33.4 Å². The van der Waals surface area contributed by atoms with Crippen LogP contribution < -0.4 is 14.8 Å². The van der Waals surface area contributed by atoms with Crippen LogP contribution >= 0.6 is 15.9 Å². The van der Waals surface area contributed by atoms with Crippen LogP contribution in [0.4, 0.5) is 5.69 Å². The van der Waals surface area contributed by atoms with E-state index in [1.54, 1.807) is 35.2 Å². The Morgan fingerprint density at radius 3 is 2.54 bits per heavy atom. The molecular weight excluding hydrogens is 424 g/mol. The van der Waals surface area contributed by atoms with Crippen molar-refractivity contribution in [3.8, 4) is 11.5 Å². The molecule has 28 heavy (non-hydrogen) atoms. The molecule has 2 aromatic carbocycles. The second-order valence-corrected chi connectivity index (χ2v) is 7.78. The molecule has 2 heterocycles. The zero-order chi connectivity index (χ0) is 19.5. The zero-order valence-electron chi connectivity index (χ0n) is 15.3. The first-order valence-corrected chi connectivity index (χ1v) is 10.2.